The molecule has 0 radical (unpaired) electrons. The van der Waals surface area contributed by atoms with Crippen LogP contribution in [-0.4, -0.2) is 61.3 Å². The fourth-order valence-corrected chi connectivity index (χ4v) is 5.39. The van der Waals surface area contributed by atoms with E-state index in [4.69, 9.17) is 0 Å². The fourth-order valence-electron chi connectivity index (χ4n) is 3.68. The molecule has 33 heavy (non-hydrogen) atoms. The van der Waals surface area contributed by atoms with Gasteiger partial charge in [-0.15, -0.1) is 0 Å². The van der Waals surface area contributed by atoms with Gasteiger partial charge in [-0.05, 0) is 62.0 Å². The Bertz CT molecular complexity index is 1040. The number of benzene rings is 1. The summed E-state index contributed by atoms with van der Waals surface area (Å²) < 4.78 is 28.2. The zero-order chi connectivity index (χ0) is 23.8. The minimum atomic E-state index is -3.81. The van der Waals surface area contributed by atoms with Crippen LogP contribution in [0.1, 0.15) is 24.8 Å². The number of anilines is 1. The number of sulfonamides is 1. The number of piperidine rings is 1. The first kappa shape index (κ1) is 25.2. The lowest BCUT2D eigenvalue weighted by molar-refractivity contribution is -0.136. The molecular formula is C23H30N4O4S2. The Hall–Kier alpha value is -2.43. The van der Waals surface area contributed by atoms with E-state index in [-0.39, 0.29) is 22.6 Å². The molecule has 2 aromatic rings. The van der Waals surface area contributed by atoms with Crippen molar-refractivity contribution >= 4 is 39.4 Å². The van der Waals surface area contributed by atoms with E-state index in [1.165, 1.54) is 12.1 Å². The van der Waals surface area contributed by atoms with Gasteiger partial charge in [0.25, 0.3) is 0 Å². The predicted octanol–water partition coefficient (Wildman–Crippen LogP) is 2.67. The van der Waals surface area contributed by atoms with Gasteiger partial charge in [0.15, 0.2) is 0 Å². The second kappa shape index (κ2) is 11.6. The van der Waals surface area contributed by atoms with Gasteiger partial charge in [-0.3, -0.25) is 9.59 Å². The number of amides is 2. The second-order valence-corrected chi connectivity index (χ2v) is 10.8. The summed E-state index contributed by atoms with van der Waals surface area (Å²) >= 11 is 1.56. The first-order chi connectivity index (χ1) is 15.8. The molecular weight excluding hydrogens is 460 g/mol. The van der Waals surface area contributed by atoms with Gasteiger partial charge in [0.05, 0.1) is 4.90 Å². The van der Waals surface area contributed by atoms with Gasteiger partial charge in [0.1, 0.15) is 11.9 Å². The van der Waals surface area contributed by atoms with Crippen LogP contribution >= 0.6 is 11.8 Å². The quantitative estimate of drug-likeness (QED) is 0.560. The normalized spacial score (nSPS) is 15.8. The van der Waals surface area contributed by atoms with Crippen LogP contribution in [0.2, 0.25) is 0 Å². The molecule has 1 atom stereocenters. The second-order valence-electron chi connectivity index (χ2n) is 8.08. The third-order valence-corrected chi connectivity index (χ3v) is 7.73. The average Bonchev–Trinajstić information content (AvgIpc) is 2.83. The zero-order valence-corrected chi connectivity index (χ0v) is 20.5. The van der Waals surface area contributed by atoms with E-state index in [0.717, 1.165) is 5.56 Å². The maximum Gasteiger partial charge on any atom is 0.241 e. The summed E-state index contributed by atoms with van der Waals surface area (Å²) in [5, 5.41) is 2.83. The molecule has 0 saturated carbocycles. The molecule has 1 saturated heterocycles. The molecule has 178 valence electrons. The third kappa shape index (κ3) is 7.02. The van der Waals surface area contributed by atoms with Crippen LogP contribution in [0.25, 0.3) is 0 Å². The van der Waals surface area contributed by atoms with E-state index in [0.29, 0.717) is 43.9 Å². The highest BCUT2D eigenvalue weighted by atomic mass is 32.2. The minimum Gasteiger partial charge on any atom is -0.341 e. The number of hydrogen-bond acceptors (Lipinski definition) is 6. The number of hydrogen-bond donors (Lipinski definition) is 2. The van der Waals surface area contributed by atoms with E-state index < -0.39 is 16.1 Å². The van der Waals surface area contributed by atoms with Crippen molar-refractivity contribution in [3.8, 4) is 0 Å². The molecule has 0 bridgehead atoms. The molecule has 0 aliphatic carbocycles. The van der Waals surface area contributed by atoms with E-state index in [1.807, 2.05) is 19.2 Å². The number of aromatic nitrogens is 1. The Morgan fingerprint density at radius 1 is 1.15 bits per heavy atom. The Balaban J connectivity index is 1.60. The van der Waals surface area contributed by atoms with Crippen molar-refractivity contribution in [2.45, 2.75) is 37.1 Å². The summed E-state index contributed by atoms with van der Waals surface area (Å²) in [7, 11) is -3.81. The van der Waals surface area contributed by atoms with Crippen LogP contribution in [0.15, 0.2) is 53.6 Å². The van der Waals surface area contributed by atoms with Gasteiger partial charge in [-0.1, -0.05) is 24.3 Å². The standard InChI is InChI=1S/C23H30N4O4S2/c1-17-8-9-21(24-16-17)25-22(28)18-10-13-27(14-11-18)23(29)20(12-15-32-2)26-33(30,31)19-6-4-3-5-7-19/h3-9,16,18,20,26H,10-15H2,1-2H3,(H,24,25,28). The minimum absolute atomic E-state index is 0.109. The van der Waals surface area contributed by atoms with E-state index in [9.17, 15) is 18.0 Å². The molecule has 2 amide bonds. The van der Waals surface area contributed by atoms with Crippen molar-refractivity contribution in [2.75, 3.05) is 30.4 Å². The van der Waals surface area contributed by atoms with Gasteiger partial charge < -0.3 is 10.2 Å². The first-order valence-electron chi connectivity index (χ1n) is 10.9. The average molecular weight is 491 g/mol. The third-order valence-electron chi connectivity index (χ3n) is 5.60. The molecule has 1 aromatic heterocycles. The SMILES string of the molecule is CSCCC(NS(=O)(=O)c1ccccc1)C(=O)N1CCC(C(=O)Nc2ccc(C)cn2)CC1. The zero-order valence-electron chi connectivity index (χ0n) is 18.9. The van der Waals surface area contributed by atoms with Crippen molar-refractivity contribution in [3.63, 3.8) is 0 Å². The number of carbonyl (C=O) groups is 2. The molecule has 8 nitrogen and oxygen atoms in total. The largest absolute Gasteiger partial charge is 0.341 e. The van der Waals surface area contributed by atoms with Crippen LogP contribution in [0.5, 0.6) is 0 Å². The summed E-state index contributed by atoms with van der Waals surface area (Å²) in [5.74, 6) is 0.583. The topological polar surface area (TPSA) is 108 Å². The van der Waals surface area contributed by atoms with Gasteiger partial charge in [0, 0.05) is 25.2 Å². The first-order valence-corrected chi connectivity index (χ1v) is 13.8. The number of likely N-dealkylation sites (tertiary alicyclic amines) is 1. The molecule has 0 spiro atoms. The highest BCUT2D eigenvalue weighted by molar-refractivity contribution is 7.98. The lowest BCUT2D eigenvalue weighted by Gasteiger charge is -2.33. The van der Waals surface area contributed by atoms with Crippen LogP contribution in [-0.2, 0) is 19.6 Å². The van der Waals surface area contributed by atoms with E-state index >= 15 is 0 Å². The van der Waals surface area contributed by atoms with E-state index in [1.54, 1.807) is 47.1 Å². The number of pyridine rings is 1. The van der Waals surface area contributed by atoms with Crippen molar-refractivity contribution in [1.29, 1.82) is 0 Å². The lowest BCUT2D eigenvalue weighted by atomic mass is 9.95. The van der Waals surface area contributed by atoms with Gasteiger partial charge >= 0.3 is 0 Å². The fraction of sp³-hybridized carbons (Fsp3) is 0.435. The number of nitrogens with zero attached hydrogens (tertiary/aromatic N) is 2. The Labute approximate surface area is 199 Å². The van der Waals surface area contributed by atoms with Crippen LogP contribution < -0.4 is 10.0 Å². The summed E-state index contributed by atoms with van der Waals surface area (Å²) in [6, 6.07) is 10.9. The summed E-state index contributed by atoms with van der Waals surface area (Å²) in [4.78, 5) is 31.8. The van der Waals surface area contributed by atoms with Crippen LogP contribution in [0.4, 0.5) is 5.82 Å². The van der Waals surface area contributed by atoms with Gasteiger partial charge in [-0.2, -0.15) is 16.5 Å². The highest BCUT2D eigenvalue weighted by Crippen LogP contribution is 2.21. The molecule has 3 rings (SSSR count). The summed E-state index contributed by atoms with van der Waals surface area (Å²) in [6.07, 6.45) is 5.04. The monoisotopic (exact) mass is 490 g/mol. The number of rotatable bonds is 9. The Morgan fingerprint density at radius 3 is 2.45 bits per heavy atom. The molecule has 1 fully saturated rings. The summed E-state index contributed by atoms with van der Waals surface area (Å²) in [6.45, 7) is 2.74. The van der Waals surface area contributed by atoms with Crippen molar-refractivity contribution in [2.24, 2.45) is 5.92 Å². The predicted molar refractivity (Wildman–Crippen MR) is 130 cm³/mol. The molecule has 1 aromatic carbocycles. The van der Waals surface area contributed by atoms with Crippen molar-refractivity contribution < 1.29 is 18.0 Å². The Kier molecular flexibility index (Phi) is 8.87. The number of carbonyl (C=O) groups excluding carboxylic acids is 2. The Morgan fingerprint density at radius 2 is 1.85 bits per heavy atom. The maximum absolute atomic E-state index is 13.2. The van der Waals surface area contributed by atoms with Crippen molar-refractivity contribution in [3.05, 3.63) is 54.2 Å². The molecule has 2 heterocycles. The maximum atomic E-state index is 13.2. The number of aryl methyl sites for hydroxylation is 1. The van der Waals surface area contributed by atoms with E-state index in [2.05, 4.69) is 15.0 Å². The number of thioether (sulfide) groups is 1. The molecule has 2 N–H and O–H groups in total. The molecule has 1 aliphatic rings. The van der Waals surface area contributed by atoms with Crippen LogP contribution in [0, 0.1) is 12.8 Å². The molecule has 1 unspecified atom stereocenters. The van der Waals surface area contributed by atoms with Gasteiger partial charge in [-0.25, -0.2) is 13.4 Å². The van der Waals surface area contributed by atoms with Gasteiger partial charge in [0.2, 0.25) is 21.8 Å². The summed E-state index contributed by atoms with van der Waals surface area (Å²) in [5.41, 5.74) is 1.01. The lowest BCUT2D eigenvalue weighted by Crippen LogP contribution is -2.51. The molecule has 10 heteroatoms. The highest BCUT2D eigenvalue weighted by Gasteiger charge is 2.33. The molecule has 1 aliphatic heterocycles. The smallest absolute Gasteiger partial charge is 0.241 e. The van der Waals surface area contributed by atoms with Crippen molar-refractivity contribution in [1.82, 2.24) is 14.6 Å². The number of nitrogens with one attached hydrogen (secondary N) is 2. The van der Waals surface area contributed by atoms with Crippen LogP contribution in [0.3, 0.4) is 0 Å².